The van der Waals surface area contributed by atoms with Crippen molar-refractivity contribution in [3.63, 3.8) is 0 Å². The van der Waals surface area contributed by atoms with Crippen molar-refractivity contribution in [2.24, 2.45) is 15.7 Å². The minimum absolute atomic E-state index is 0.191. The highest BCUT2D eigenvalue weighted by Crippen LogP contribution is 2.43. The van der Waals surface area contributed by atoms with Gasteiger partial charge in [-0.3, -0.25) is 9.68 Å². The second-order valence-electron chi connectivity index (χ2n) is 5.54. The largest absolute Gasteiger partial charge is 0.497 e. The highest BCUT2D eigenvalue weighted by Gasteiger charge is 2.38. The molecular weight excluding hydrogens is 338 g/mol. The molecule has 2 aliphatic rings. The Hall–Kier alpha value is -2.87. The van der Waals surface area contributed by atoms with E-state index in [9.17, 15) is 0 Å². The number of methoxy groups -OCH3 is 2. The summed E-state index contributed by atoms with van der Waals surface area (Å²) in [4.78, 5) is 11.7. The Bertz CT molecular complexity index is 923. The zero-order valence-electron chi connectivity index (χ0n) is 13.8. The SMILES string of the molecule is COc1ccc(C2N=C(N)N=C3N2c2ccc(OC)cc2S3=N)cc1. The van der Waals surface area contributed by atoms with Crippen molar-refractivity contribution in [2.45, 2.75) is 11.1 Å². The molecule has 0 saturated heterocycles. The van der Waals surface area contributed by atoms with Crippen molar-refractivity contribution < 1.29 is 9.47 Å². The lowest BCUT2D eigenvalue weighted by atomic mass is 10.1. The number of hydrogen-bond donors (Lipinski definition) is 2. The number of guanidine groups is 1. The van der Waals surface area contributed by atoms with Gasteiger partial charge in [-0.05, 0) is 46.6 Å². The van der Waals surface area contributed by atoms with Crippen LogP contribution in [0.1, 0.15) is 11.7 Å². The Morgan fingerprint density at radius 1 is 1.08 bits per heavy atom. The van der Waals surface area contributed by atoms with Gasteiger partial charge in [0.15, 0.2) is 11.3 Å². The molecule has 2 aliphatic heterocycles. The Morgan fingerprint density at radius 2 is 1.76 bits per heavy atom. The molecule has 128 valence electrons. The van der Waals surface area contributed by atoms with E-state index in [1.54, 1.807) is 14.2 Å². The van der Waals surface area contributed by atoms with E-state index in [-0.39, 0.29) is 12.1 Å². The first-order chi connectivity index (χ1) is 12.1. The Morgan fingerprint density at radius 3 is 2.44 bits per heavy atom. The minimum Gasteiger partial charge on any atom is -0.497 e. The van der Waals surface area contributed by atoms with Crippen LogP contribution in [0.2, 0.25) is 0 Å². The van der Waals surface area contributed by atoms with Gasteiger partial charge in [-0.1, -0.05) is 12.1 Å². The summed E-state index contributed by atoms with van der Waals surface area (Å²) in [5.74, 6) is 1.69. The van der Waals surface area contributed by atoms with Gasteiger partial charge in [0, 0.05) is 0 Å². The highest BCUT2D eigenvalue weighted by molar-refractivity contribution is 8.02. The van der Waals surface area contributed by atoms with Gasteiger partial charge in [-0.2, -0.15) is 4.99 Å². The smallest absolute Gasteiger partial charge is 0.220 e. The number of benzene rings is 2. The Kier molecular flexibility index (Phi) is 3.69. The van der Waals surface area contributed by atoms with Crippen LogP contribution in [0, 0.1) is 4.78 Å². The average molecular weight is 355 g/mol. The van der Waals surface area contributed by atoms with E-state index in [2.05, 4.69) is 9.98 Å². The first-order valence-corrected chi connectivity index (χ1v) is 8.83. The molecule has 3 N–H and O–H groups in total. The number of nitrogens with one attached hydrogen (secondary N) is 1. The van der Waals surface area contributed by atoms with E-state index in [0.29, 0.717) is 5.17 Å². The third kappa shape index (κ3) is 2.45. The summed E-state index contributed by atoms with van der Waals surface area (Å²) >= 11 is 0. The molecule has 7 nitrogen and oxygen atoms in total. The van der Waals surface area contributed by atoms with Crippen molar-refractivity contribution in [2.75, 3.05) is 19.1 Å². The lowest BCUT2D eigenvalue weighted by Gasteiger charge is -2.30. The zero-order valence-corrected chi connectivity index (χ0v) is 14.6. The predicted molar refractivity (Wildman–Crippen MR) is 98.6 cm³/mol. The lowest BCUT2D eigenvalue weighted by Crippen LogP contribution is -2.37. The van der Waals surface area contributed by atoms with Crippen LogP contribution in [0.25, 0.3) is 0 Å². The van der Waals surface area contributed by atoms with E-state index in [1.807, 2.05) is 47.4 Å². The topological polar surface area (TPSA) is 96.3 Å². The monoisotopic (exact) mass is 355 g/mol. The van der Waals surface area contributed by atoms with Crippen LogP contribution in [-0.2, 0) is 10.7 Å². The first-order valence-electron chi connectivity index (χ1n) is 7.61. The average Bonchev–Trinajstić information content (AvgIpc) is 2.93. The standard InChI is InChI=1S/C17H17N5O2S/c1-23-11-5-3-10(4-6-11)15-20-16(18)21-17-22(15)13-8-7-12(24-2)9-14(13)25(17)19/h3-9,15,19H,1-2H3,(H2,18,20). The van der Waals surface area contributed by atoms with Gasteiger partial charge in [0.25, 0.3) is 0 Å². The molecule has 0 radical (unpaired) electrons. The van der Waals surface area contributed by atoms with Crippen LogP contribution in [0.4, 0.5) is 5.69 Å². The summed E-state index contributed by atoms with van der Waals surface area (Å²) in [6, 6.07) is 13.4. The van der Waals surface area contributed by atoms with Crippen molar-refractivity contribution >= 4 is 27.5 Å². The molecule has 2 unspecified atom stereocenters. The van der Waals surface area contributed by atoms with Gasteiger partial charge >= 0.3 is 0 Å². The van der Waals surface area contributed by atoms with Crippen LogP contribution < -0.4 is 20.1 Å². The molecule has 0 aromatic heterocycles. The third-order valence-corrected chi connectivity index (χ3v) is 5.58. The van der Waals surface area contributed by atoms with Gasteiger partial charge in [0.05, 0.1) is 24.8 Å². The number of amidine groups is 1. The molecule has 0 spiro atoms. The second-order valence-corrected chi connectivity index (χ2v) is 6.96. The molecule has 0 bridgehead atoms. The fourth-order valence-corrected chi connectivity index (χ4v) is 4.32. The molecule has 25 heavy (non-hydrogen) atoms. The minimum atomic E-state index is -0.937. The molecule has 2 aromatic carbocycles. The molecular formula is C17H17N5O2S. The van der Waals surface area contributed by atoms with Crippen LogP contribution in [0.5, 0.6) is 11.5 Å². The van der Waals surface area contributed by atoms with E-state index in [4.69, 9.17) is 20.0 Å². The fraction of sp³-hybridized carbons (Fsp3) is 0.176. The third-order valence-electron chi connectivity index (χ3n) is 4.16. The number of nitrogens with two attached hydrogens (primary N) is 1. The number of rotatable bonds is 3. The predicted octanol–water partition coefficient (Wildman–Crippen LogP) is 2.65. The quantitative estimate of drug-likeness (QED) is 0.884. The van der Waals surface area contributed by atoms with Crippen molar-refractivity contribution in [3.05, 3.63) is 48.0 Å². The molecule has 0 fully saturated rings. The summed E-state index contributed by atoms with van der Waals surface area (Å²) in [6.07, 6.45) is -0.353. The van der Waals surface area contributed by atoms with Gasteiger partial charge in [-0.15, -0.1) is 0 Å². The van der Waals surface area contributed by atoms with Gasteiger partial charge in [0.2, 0.25) is 5.96 Å². The van der Waals surface area contributed by atoms with Gasteiger partial charge < -0.3 is 15.2 Å². The molecule has 0 saturated carbocycles. The molecule has 2 atom stereocenters. The van der Waals surface area contributed by atoms with E-state index in [1.165, 1.54) is 0 Å². The van der Waals surface area contributed by atoms with Crippen molar-refractivity contribution in [1.29, 1.82) is 4.78 Å². The summed E-state index contributed by atoms with van der Waals surface area (Å²) in [5, 5.41) is 0.608. The number of ether oxygens (including phenoxy) is 2. The molecule has 4 rings (SSSR count). The Balaban J connectivity index is 1.83. The molecule has 2 heterocycles. The van der Waals surface area contributed by atoms with Crippen LogP contribution in [0.3, 0.4) is 0 Å². The van der Waals surface area contributed by atoms with Crippen LogP contribution in [-0.4, -0.2) is 25.3 Å². The van der Waals surface area contributed by atoms with E-state index < -0.39 is 10.7 Å². The number of anilines is 1. The highest BCUT2D eigenvalue weighted by atomic mass is 32.2. The number of aliphatic imine (C=N–C) groups is 2. The number of fused-ring (bicyclic) bond motifs is 3. The van der Waals surface area contributed by atoms with Crippen LogP contribution in [0.15, 0.2) is 57.3 Å². The zero-order chi connectivity index (χ0) is 17.6. The lowest BCUT2D eigenvalue weighted by molar-refractivity contribution is 0.413. The van der Waals surface area contributed by atoms with Crippen LogP contribution >= 0.6 is 0 Å². The number of nitrogens with zero attached hydrogens (tertiary/aromatic N) is 3. The summed E-state index contributed by atoms with van der Waals surface area (Å²) in [5.41, 5.74) is 7.80. The van der Waals surface area contributed by atoms with Crippen molar-refractivity contribution in [1.82, 2.24) is 0 Å². The van der Waals surface area contributed by atoms with Gasteiger partial charge in [-0.25, -0.2) is 4.99 Å². The molecule has 0 amide bonds. The molecule has 8 heteroatoms. The fourth-order valence-electron chi connectivity index (χ4n) is 2.93. The second kappa shape index (κ2) is 5.89. The summed E-state index contributed by atoms with van der Waals surface area (Å²) in [6.45, 7) is 0. The maximum Gasteiger partial charge on any atom is 0.220 e. The summed E-state index contributed by atoms with van der Waals surface area (Å²) < 4.78 is 19.1. The van der Waals surface area contributed by atoms with Crippen molar-refractivity contribution in [3.8, 4) is 11.5 Å². The van der Waals surface area contributed by atoms with E-state index >= 15 is 0 Å². The summed E-state index contributed by atoms with van der Waals surface area (Å²) in [7, 11) is 2.31. The first kappa shape index (κ1) is 15.6. The van der Waals surface area contributed by atoms with E-state index in [0.717, 1.165) is 27.6 Å². The normalized spacial score (nSPS) is 21.1. The molecule has 0 aliphatic carbocycles. The maximum atomic E-state index is 8.59. The molecule has 2 aromatic rings. The maximum absolute atomic E-state index is 8.59. The Labute approximate surface area is 147 Å². The van der Waals surface area contributed by atoms with Gasteiger partial charge in [0.1, 0.15) is 11.5 Å². The number of hydrogen-bond acceptors (Lipinski definition) is 7.